The van der Waals surface area contributed by atoms with Crippen LogP contribution in [0.5, 0.6) is 0 Å². The number of ether oxygens (including phenoxy) is 2. The van der Waals surface area contributed by atoms with Gasteiger partial charge in [-0.25, -0.2) is 0 Å². The maximum Gasteiger partial charge on any atom is 0.137 e. The first-order chi connectivity index (χ1) is 12.7. The molecule has 0 bridgehead atoms. The Kier molecular flexibility index (Phi) is 8.30. The predicted molar refractivity (Wildman–Crippen MR) is 88.1 cm³/mol. The summed E-state index contributed by atoms with van der Waals surface area (Å²) in [7, 11) is 0. The van der Waals surface area contributed by atoms with E-state index in [1.165, 1.54) is 0 Å². The second-order valence-electron chi connectivity index (χ2n) is 6.97. The molecule has 2 saturated heterocycles. The van der Waals surface area contributed by atoms with Gasteiger partial charge in [0.1, 0.15) is 61.3 Å². The summed E-state index contributed by atoms with van der Waals surface area (Å²) in [5, 5.41) is 83.1. The molecule has 0 aliphatic carbocycles. The van der Waals surface area contributed by atoms with Crippen LogP contribution in [0.4, 0.5) is 0 Å². The van der Waals surface area contributed by atoms with E-state index in [4.69, 9.17) is 9.47 Å². The van der Waals surface area contributed by atoms with Crippen molar-refractivity contribution in [3.63, 3.8) is 0 Å². The third-order valence-corrected chi connectivity index (χ3v) is 4.86. The van der Waals surface area contributed by atoms with Gasteiger partial charge in [0.05, 0.1) is 13.2 Å². The van der Waals surface area contributed by atoms with Crippen LogP contribution in [-0.4, -0.2) is 128 Å². The number of aliphatic hydroxyl groups excluding tert-OH is 8. The van der Waals surface area contributed by atoms with Crippen molar-refractivity contribution in [3.05, 3.63) is 0 Å². The van der Waals surface area contributed by atoms with Crippen LogP contribution >= 0.6 is 0 Å². The van der Waals surface area contributed by atoms with E-state index in [0.29, 0.717) is 0 Å². The van der Waals surface area contributed by atoms with Crippen molar-refractivity contribution in [2.45, 2.75) is 74.3 Å². The summed E-state index contributed by atoms with van der Waals surface area (Å²) in [6.45, 7) is 0.762. The van der Waals surface area contributed by atoms with Gasteiger partial charge in [-0.05, 0) is 6.92 Å². The van der Waals surface area contributed by atoms with Crippen molar-refractivity contribution < 1.29 is 50.3 Å². The van der Waals surface area contributed by atoms with Crippen LogP contribution in [-0.2, 0) is 9.47 Å². The topological polar surface area (TPSA) is 204 Å². The zero-order valence-corrected chi connectivity index (χ0v) is 14.9. The molecule has 2 heterocycles. The Morgan fingerprint density at radius 2 is 1.15 bits per heavy atom. The molecule has 2 aliphatic heterocycles. The van der Waals surface area contributed by atoms with E-state index in [1.807, 2.05) is 0 Å². The van der Waals surface area contributed by atoms with Gasteiger partial charge in [-0.2, -0.15) is 0 Å². The Bertz CT molecular complexity index is 456. The van der Waals surface area contributed by atoms with E-state index in [-0.39, 0.29) is 6.54 Å². The van der Waals surface area contributed by atoms with Crippen LogP contribution in [0.2, 0.25) is 0 Å². The highest BCUT2D eigenvalue weighted by molar-refractivity contribution is 4.93. The summed E-state index contributed by atoms with van der Waals surface area (Å²) in [5.74, 6) is 0. The molecular formula is C15H30N2O10. The van der Waals surface area contributed by atoms with Crippen molar-refractivity contribution in [1.82, 2.24) is 10.6 Å². The predicted octanol–water partition coefficient (Wildman–Crippen LogP) is -5.85. The molecule has 160 valence electrons. The highest BCUT2D eigenvalue weighted by Gasteiger charge is 2.45. The normalized spacial score (nSPS) is 47.0. The van der Waals surface area contributed by atoms with E-state index in [1.54, 1.807) is 6.92 Å². The molecule has 2 fully saturated rings. The Morgan fingerprint density at radius 3 is 1.63 bits per heavy atom. The first-order valence-corrected chi connectivity index (χ1v) is 8.81. The van der Waals surface area contributed by atoms with Gasteiger partial charge in [-0.3, -0.25) is 10.6 Å². The molecule has 1 unspecified atom stereocenters. The van der Waals surface area contributed by atoms with Gasteiger partial charge in [-0.15, -0.1) is 0 Å². The summed E-state index contributed by atoms with van der Waals surface area (Å²) in [4.78, 5) is 0. The molecule has 12 nitrogen and oxygen atoms in total. The third-order valence-electron chi connectivity index (χ3n) is 4.86. The molecule has 0 radical (unpaired) electrons. The Hall–Kier alpha value is -0.480. The van der Waals surface area contributed by atoms with Gasteiger partial charge in [0.25, 0.3) is 0 Å². The summed E-state index contributed by atoms with van der Waals surface area (Å²) < 4.78 is 10.7. The van der Waals surface area contributed by atoms with Gasteiger partial charge in [0.15, 0.2) is 0 Å². The van der Waals surface area contributed by atoms with Crippen LogP contribution in [0.1, 0.15) is 6.92 Å². The van der Waals surface area contributed by atoms with Crippen molar-refractivity contribution in [2.75, 3.05) is 19.8 Å². The third kappa shape index (κ3) is 5.12. The van der Waals surface area contributed by atoms with Gasteiger partial charge in [0, 0.05) is 12.6 Å². The molecule has 2 aliphatic rings. The van der Waals surface area contributed by atoms with E-state index in [2.05, 4.69) is 10.6 Å². The average Bonchev–Trinajstić information content (AvgIpc) is 2.66. The summed E-state index contributed by atoms with van der Waals surface area (Å²) in [6, 6.07) is -0.404. The molecule has 2 rings (SSSR count). The molecule has 0 saturated carbocycles. The van der Waals surface area contributed by atoms with Gasteiger partial charge < -0.3 is 50.3 Å². The largest absolute Gasteiger partial charge is 0.394 e. The number of hydrogen-bond acceptors (Lipinski definition) is 12. The van der Waals surface area contributed by atoms with Crippen LogP contribution in [0, 0.1) is 0 Å². The fourth-order valence-corrected chi connectivity index (χ4v) is 3.14. The monoisotopic (exact) mass is 398 g/mol. The Morgan fingerprint density at radius 1 is 0.704 bits per heavy atom. The summed E-state index contributed by atoms with van der Waals surface area (Å²) >= 11 is 0. The fraction of sp³-hybridized carbons (Fsp3) is 1.00. The van der Waals surface area contributed by atoms with E-state index in [0.717, 1.165) is 0 Å². The Balaban J connectivity index is 1.87. The second kappa shape index (κ2) is 9.82. The van der Waals surface area contributed by atoms with Crippen molar-refractivity contribution in [1.29, 1.82) is 0 Å². The lowest BCUT2D eigenvalue weighted by atomic mass is 9.98. The molecule has 11 atom stereocenters. The van der Waals surface area contributed by atoms with E-state index < -0.39 is 80.5 Å². The minimum atomic E-state index is -1.50. The lowest BCUT2D eigenvalue weighted by Gasteiger charge is -2.42. The quantitative estimate of drug-likeness (QED) is 0.195. The highest BCUT2D eigenvalue weighted by Crippen LogP contribution is 2.21. The molecule has 0 spiro atoms. The molecule has 0 aromatic heterocycles. The standard InChI is InChI=1S/C15H30N2O10/c1-5(17-15-13(25)11(23)9(21)7(4-19)27-15)2-16-14-12(24)10(22)8(20)6(3-18)26-14/h5-25H,2-4H2,1H3/t5?,6-,7-,8-,9-,10+,11+,12+,13+,14+,15+/m1/s1. The molecule has 12 heteroatoms. The molecule has 27 heavy (non-hydrogen) atoms. The lowest BCUT2D eigenvalue weighted by molar-refractivity contribution is -0.241. The number of aliphatic hydroxyl groups is 8. The molecule has 0 aromatic carbocycles. The minimum absolute atomic E-state index is 0.151. The zero-order valence-electron chi connectivity index (χ0n) is 14.9. The van der Waals surface area contributed by atoms with Crippen LogP contribution in [0.25, 0.3) is 0 Å². The Labute approximate surface area is 156 Å². The molecule has 0 aromatic rings. The van der Waals surface area contributed by atoms with E-state index in [9.17, 15) is 40.9 Å². The van der Waals surface area contributed by atoms with Crippen LogP contribution < -0.4 is 10.6 Å². The van der Waals surface area contributed by atoms with Crippen molar-refractivity contribution in [2.24, 2.45) is 0 Å². The molecule has 0 amide bonds. The maximum atomic E-state index is 10.0. The van der Waals surface area contributed by atoms with Gasteiger partial charge in [0.2, 0.25) is 0 Å². The number of hydrogen-bond donors (Lipinski definition) is 10. The first-order valence-electron chi connectivity index (χ1n) is 8.81. The molecule has 10 N–H and O–H groups in total. The lowest BCUT2D eigenvalue weighted by Crippen LogP contribution is -2.65. The SMILES string of the molecule is CC(CN[C@H]1O[C@H](CO)[C@@H](O)[C@H](O)[C@@H]1O)N[C@H]1O[C@H](CO)[C@@H](O)[C@H](O)[C@@H]1O. The second-order valence-corrected chi connectivity index (χ2v) is 6.97. The number of nitrogens with one attached hydrogen (secondary N) is 2. The number of rotatable bonds is 7. The molecular weight excluding hydrogens is 368 g/mol. The summed E-state index contributed by atoms with van der Waals surface area (Å²) in [6.07, 6.45) is -13.0. The van der Waals surface area contributed by atoms with Crippen LogP contribution in [0.15, 0.2) is 0 Å². The van der Waals surface area contributed by atoms with E-state index >= 15 is 0 Å². The van der Waals surface area contributed by atoms with Crippen LogP contribution in [0.3, 0.4) is 0 Å². The zero-order chi connectivity index (χ0) is 20.3. The smallest absolute Gasteiger partial charge is 0.137 e. The minimum Gasteiger partial charge on any atom is -0.394 e. The highest BCUT2D eigenvalue weighted by atomic mass is 16.6. The first kappa shape index (κ1) is 22.8. The van der Waals surface area contributed by atoms with Gasteiger partial charge in [-0.1, -0.05) is 0 Å². The average molecular weight is 398 g/mol. The van der Waals surface area contributed by atoms with Crippen molar-refractivity contribution in [3.8, 4) is 0 Å². The summed E-state index contributed by atoms with van der Waals surface area (Å²) in [5.41, 5.74) is 0. The van der Waals surface area contributed by atoms with Gasteiger partial charge >= 0.3 is 0 Å². The fourth-order valence-electron chi connectivity index (χ4n) is 3.14. The maximum absolute atomic E-state index is 10.0. The van der Waals surface area contributed by atoms with Crippen molar-refractivity contribution >= 4 is 0 Å².